The number of nitrogens with zero attached hydrogens (tertiary/aromatic N) is 6. The summed E-state index contributed by atoms with van der Waals surface area (Å²) in [5.74, 6) is 1.76. The molecule has 1 fully saturated rings. The molecule has 0 N–H and O–H groups in total. The molecule has 27 heavy (non-hydrogen) atoms. The van der Waals surface area contributed by atoms with Gasteiger partial charge in [-0.25, -0.2) is 4.98 Å². The van der Waals surface area contributed by atoms with E-state index in [1.54, 1.807) is 11.3 Å². The fourth-order valence-corrected chi connectivity index (χ4v) is 4.45. The van der Waals surface area contributed by atoms with E-state index >= 15 is 0 Å². The fourth-order valence-electron chi connectivity index (χ4n) is 3.55. The van der Waals surface area contributed by atoms with Gasteiger partial charge in [0, 0.05) is 50.1 Å². The van der Waals surface area contributed by atoms with Crippen LogP contribution >= 0.6 is 11.3 Å². The summed E-state index contributed by atoms with van der Waals surface area (Å²) in [4.78, 5) is 9.24. The van der Waals surface area contributed by atoms with Crippen molar-refractivity contribution in [3.05, 3.63) is 48.5 Å². The molecule has 3 aromatic rings. The van der Waals surface area contributed by atoms with Gasteiger partial charge in [0.2, 0.25) is 5.13 Å². The van der Waals surface area contributed by atoms with Gasteiger partial charge in [-0.2, -0.15) is 0 Å². The van der Waals surface area contributed by atoms with Crippen LogP contribution in [0.4, 0.5) is 5.13 Å². The second kappa shape index (κ2) is 8.19. The van der Waals surface area contributed by atoms with Crippen LogP contribution in [-0.4, -0.2) is 58.4 Å². The summed E-state index contributed by atoms with van der Waals surface area (Å²) in [5, 5.41) is 10.9. The fraction of sp³-hybridized carbons (Fsp3) is 0.450. The van der Waals surface area contributed by atoms with Crippen molar-refractivity contribution in [2.45, 2.75) is 25.3 Å². The van der Waals surface area contributed by atoms with Gasteiger partial charge in [-0.05, 0) is 26.9 Å². The second-order valence-electron chi connectivity index (χ2n) is 7.30. The Balaban J connectivity index is 1.39. The first-order valence-electron chi connectivity index (χ1n) is 9.50. The van der Waals surface area contributed by atoms with Crippen LogP contribution in [0.15, 0.2) is 42.7 Å². The predicted octanol–water partition coefficient (Wildman–Crippen LogP) is 3.35. The first-order chi connectivity index (χ1) is 13.2. The quantitative estimate of drug-likeness (QED) is 0.654. The predicted molar refractivity (Wildman–Crippen MR) is 110 cm³/mol. The highest BCUT2D eigenvalue weighted by Crippen LogP contribution is 2.33. The molecule has 0 radical (unpaired) electrons. The van der Waals surface area contributed by atoms with Crippen LogP contribution in [0, 0.1) is 0 Å². The molecule has 0 atom stereocenters. The molecule has 4 rings (SSSR count). The van der Waals surface area contributed by atoms with E-state index in [4.69, 9.17) is 0 Å². The molecule has 0 bridgehead atoms. The Kier molecular flexibility index (Phi) is 5.50. The van der Waals surface area contributed by atoms with E-state index in [-0.39, 0.29) is 0 Å². The maximum absolute atomic E-state index is 4.66. The van der Waals surface area contributed by atoms with Crippen LogP contribution in [-0.2, 0) is 6.54 Å². The van der Waals surface area contributed by atoms with Crippen molar-refractivity contribution in [1.29, 1.82) is 0 Å². The molecule has 0 unspecified atom stereocenters. The number of likely N-dealkylation sites (N-methyl/N-ethyl adjacent to an activating group) is 1. The highest BCUT2D eigenvalue weighted by atomic mass is 32.1. The average Bonchev–Trinajstić information content (AvgIpc) is 3.37. The number of imidazole rings is 1. The van der Waals surface area contributed by atoms with Crippen LogP contribution in [0.25, 0.3) is 10.6 Å². The number of benzene rings is 1. The van der Waals surface area contributed by atoms with Crippen molar-refractivity contribution in [2.24, 2.45) is 0 Å². The van der Waals surface area contributed by atoms with Gasteiger partial charge in [0.15, 0.2) is 0 Å². The summed E-state index contributed by atoms with van der Waals surface area (Å²) in [6.45, 7) is 4.05. The zero-order valence-electron chi connectivity index (χ0n) is 16.0. The Morgan fingerprint density at radius 2 is 1.89 bits per heavy atom. The maximum atomic E-state index is 4.66. The van der Waals surface area contributed by atoms with Gasteiger partial charge in [-0.3, -0.25) is 0 Å². The summed E-state index contributed by atoms with van der Waals surface area (Å²) in [6.07, 6.45) is 6.27. The highest BCUT2D eigenvalue weighted by molar-refractivity contribution is 7.18. The van der Waals surface area contributed by atoms with Crippen molar-refractivity contribution in [3.63, 3.8) is 0 Å². The number of piperidine rings is 1. The molecule has 1 aliphatic rings. The van der Waals surface area contributed by atoms with E-state index in [1.165, 1.54) is 5.82 Å². The molecule has 1 aromatic carbocycles. The van der Waals surface area contributed by atoms with Crippen molar-refractivity contribution in [2.75, 3.05) is 38.6 Å². The lowest BCUT2D eigenvalue weighted by molar-refractivity contribution is 0.372. The van der Waals surface area contributed by atoms with E-state index in [9.17, 15) is 0 Å². The lowest BCUT2D eigenvalue weighted by atomic mass is 9.96. The average molecular weight is 383 g/mol. The molecule has 0 saturated carbocycles. The third-order valence-electron chi connectivity index (χ3n) is 5.10. The normalized spacial score (nSPS) is 15.6. The number of anilines is 1. The lowest BCUT2D eigenvalue weighted by Gasteiger charge is -2.31. The summed E-state index contributed by atoms with van der Waals surface area (Å²) >= 11 is 1.68. The van der Waals surface area contributed by atoms with Gasteiger partial charge in [0.1, 0.15) is 10.8 Å². The molecule has 7 heteroatoms. The topological polar surface area (TPSA) is 50.1 Å². The maximum Gasteiger partial charge on any atom is 0.208 e. The zero-order valence-corrected chi connectivity index (χ0v) is 16.8. The van der Waals surface area contributed by atoms with Crippen LogP contribution in [0.2, 0.25) is 0 Å². The van der Waals surface area contributed by atoms with Crippen molar-refractivity contribution in [1.82, 2.24) is 24.6 Å². The Morgan fingerprint density at radius 1 is 1.11 bits per heavy atom. The van der Waals surface area contributed by atoms with E-state index in [1.807, 2.05) is 24.4 Å². The Morgan fingerprint density at radius 3 is 2.63 bits per heavy atom. The van der Waals surface area contributed by atoms with E-state index in [0.717, 1.165) is 54.7 Å². The van der Waals surface area contributed by atoms with Gasteiger partial charge in [-0.1, -0.05) is 41.7 Å². The van der Waals surface area contributed by atoms with Crippen molar-refractivity contribution < 1.29 is 0 Å². The van der Waals surface area contributed by atoms with Gasteiger partial charge in [0.25, 0.3) is 0 Å². The first kappa shape index (κ1) is 18.1. The molecule has 1 aliphatic heterocycles. The van der Waals surface area contributed by atoms with Gasteiger partial charge < -0.3 is 14.4 Å². The van der Waals surface area contributed by atoms with E-state index in [0.29, 0.717) is 5.92 Å². The monoisotopic (exact) mass is 382 g/mol. The SMILES string of the molecule is CN(C)CCn1ccnc1C1CCN(c2nnc(-c3ccccc3)s2)CC1. The van der Waals surface area contributed by atoms with Crippen LogP contribution in [0.1, 0.15) is 24.6 Å². The van der Waals surface area contributed by atoms with Gasteiger partial charge in [0.05, 0.1) is 0 Å². The zero-order chi connectivity index (χ0) is 18.6. The molecular formula is C20H26N6S. The summed E-state index contributed by atoms with van der Waals surface area (Å²) in [7, 11) is 4.22. The van der Waals surface area contributed by atoms with Crippen LogP contribution < -0.4 is 4.90 Å². The molecule has 3 heterocycles. The number of aromatic nitrogens is 4. The van der Waals surface area contributed by atoms with E-state index < -0.39 is 0 Å². The molecular weight excluding hydrogens is 356 g/mol. The summed E-state index contributed by atoms with van der Waals surface area (Å²) < 4.78 is 2.32. The summed E-state index contributed by atoms with van der Waals surface area (Å²) in [5.41, 5.74) is 1.14. The molecule has 142 valence electrons. The number of rotatable bonds is 6. The van der Waals surface area contributed by atoms with Gasteiger partial charge >= 0.3 is 0 Å². The third kappa shape index (κ3) is 4.20. The summed E-state index contributed by atoms with van der Waals surface area (Å²) in [6, 6.07) is 10.3. The Hall–Kier alpha value is -2.25. The van der Waals surface area contributed by atoms with Crippen molar-refractivity contribution >= 4 is 16.5 Å². The van der Waals surface area contributed by atoms with Crippen LogP contribution in [0.5, 0.6) is 0 Å². The van der Waals surface area contributed by atoms with E-state index in [2.05, 4.69) is 62.0 Å². The molecule has 0 amide bonds. The second-order valence-corrected chi connectivity index (χ2v) is 8.26. The number of hydrogen-bond acceptors (Lipinski definition) is 6. The highest BCUT2D eigenvalue weighted by Gasteiger charge is 2.25. The smallest absolute Gasteiger partial charge is 0.208 e. The van der Waals surface area contributed by atoms with Crippen LogP contribution in [0.3, 0.4) is 0 Å². The largest absolute Gasteiger partial charge is 0.347 e. The Labute approximate surface area is 164 Å². The molecule has 0 aliphatic carbocycles. The Bertz CT molecular complexity index is 848. The number of hydrogen-bond donors (Lipinski definition) is 0. The van der Waals surface area contributed by atoms with Crippen molar-refractivity contribution in [3.8, 4) is 10.6 Å². The molecule has 1 saturated heterocycles. The third-order valence-corrected chi connectivity index (χ3v) is 6.13. The minimum atomic E-state index is 0.528. The lowest BCUT2D eigenvalue weighted by Crippen LogP contribution is -2.33. The minimum absolute atomic E-state index is 0.528. The molecule has 6 nitrogen and oxygen atoms in total. The standard InChI is InChI=1S/C20H26N6S/c1-24(2)14-15-25-13-10-21-18(25)16-8-11-26(12-9-16)20-23-22-19(27-20)17-6-4-3-5-7-17/h3-7,10,13,16H,8-9,11-12,14-15H2,1-2H3. The molecule has 2 aromatic heterocycles. The minimum Gasteiger partial charge on any atom is -0.347 e. The first-order valence-corrected chi connectivity index (χ1v) is 10.3. The van der Waals surface area contributed by atoms with Gasteiger partial charge in [-0.15, -0.1) is 10.2 Å². The molecule has 0 spiro atoms.